The summed E-state index contributed by atoms with van der Waals surface area (Å²) in [5, 5.41) is 8.54. The molecule has 1 aromatic heterocycles. The van der Waals surface area contributed by atoms with Gasteiger partial charge in [-0.25, -0.2) is 4.98 Å². The maximum absolute atomic E-state index is 8.54. The second-order valence-electron chi connectivity index (χ2n) is 3.71. The van der Waals surface area contributed by atoms with Crippen LogP contribution >= 0.6 is 11.8 Å². The molecule has 1 aromatic rings. The highest BCUT2D eigenvalue weighted by molar-refractivity contribution is 8.00. The predicted octanol–water partition coefficient (Wildman–Crippen LogP) is 2.84. The summed E-state index contributed by atoms with van der Waals surface area (Å²) in [5.41, 5.74) is 0.471. The molecule has 0 aromatic carbocycles. The first-order valence-electron chi connectivity index (χ1n) is 4.06. The van der Waals surface area contributed by atoms with Crippen LogP contribution < -0.4 is 0 Å². The summed E-state index contributed by atoms with van der Waals surface area (Å²) in [6.07, 6.45) is 1.74. The number of nitriles is 1. The molecule has 0 N–H and O–H groups in total. The smallest absolute Gasteiger partial charge is 0.140 e. The Morgan fingerprint density at radius 1 is 1.38 bits per heavy atom. The van der Waals surface area contributed by atoms with Gasteiger partial charge in [0.15, 0.2) is 0 Å². The zero-order valence-electron chi connectivity index (χ0n) is 8.03. The molecule has 0 atom stereocenters. The van der Waals surface area contributed by atoms with Crippen molar-refractivity contribution in [2.75, 3.05) is 0 Å². The third-order valence-corrected chi connectivity index (χ3v) is 2.36. The van der Waals surface area contributed by atoms with Gasteiger partial charge in [0.1, 0.15) is 11.8 Å². The fraction of sp³-hybridized carbons (Fsp3) is 0.400. The van der Waals surface area contributed by atoms with Crippen molar-refractivity contribution in [3.8, 4) is 6.07 Å². The van der Waals surface area contributed by atoms with Gasteiger partial charge < -0.3 is 0 Å². The molecule has 13 heavy (non-hydrogen) atoms. The Kier molecular flexibility index (Phi) is 2.94. The van der Waals surface area contributed by atoms with Crippen LogP contribution in [0, 0.1) is 11.3 Å². The Labute approximate surface area is 83.0 Å². The fourth-order valence-corrected chi connectivity index (χ4v) is 1.81. The van der Waals surface area contributed by atoms with Crippen LogP contribution in [0.3, 0.4) is 0 Å². The lowest BCUT2D eigenvalue weighted by molar-refractivity contribution is 0.802. The Bertz CT molecular complexity index is 316. The van der Waals surface area contributed by atoms with Gasteiger partial charge in [0.25, 0.3) is 0 Å². The first-order chi connectivity index (χ1) is 6.01. The van der Waals surface area contributed by atoms with E-state index >= 15 is 0 Å². The standard InChI is InChI=1S/C10H12N2S/c1-10(2,3)13-9-5-4-8(6-11)12-7-9/h4-5,7H,1-3H3. The van der Waals surface area contributed by atoms with Gasteiger partial charge in [-0.05, 0) is 12.1 Å². The van der Waals surface area contributed by atoms with Crippen LogP contribution in [0.1, 0.15) is 26.5 Å². The molecule has 0 saturated heterocycles. The first-order valence-corrected chi connectivity index (χ1v) is 4.88. The zero-order valence-corrected chi connectivity index (χ0v) is 8.85. The van der Waals surface area contributed by atoms with Gasteiger partial charge in [0.05, 0.1) is 0 Å². The summed E-state index contributed by atoms with van der Waals surface area (Å²) in [7, 11) is 0. The average Bonchev–Trinajstić information content (AvgIpc) is 2.03. The van der Waals surface area contributed by atoms with Crippen molar-refractivity contribution in [1.82, 2.24) is 4.98 Å². The van der Waals surface area contributed by atoms with Crippen LogP contribution in [-0.2, 0) is 0 Å². The van der Waals surface area contributed by atoms with Gasteiger partial charge in [-0.15, -0.1) is 11.8 Å². The highest BCUT2D eigenvalue weighted by Gasteiger charge is 2.11. The van der Waals surface area contributed by atoms with Crippen LogP contribution in [0.5, 0.6) is 0 Å². The number of hydrogen-bond donors (Lipinski definition) is 0. The molecule has 0 fully saturated rings. The number of nitrogens with zero attached hydrogens (tertiary/aromatic N) is 2. The normalized spacial score (nSPS) is 10.9. The largest absolute Gasteiger partial charge is 0.244 e. The molecule has 1 heterocycles. The van der Waals surface area contributed by atoms with Gasteiger partial charge in [-0.2, -0.15) is 5.26 Å². The van der Waals surface area contributed by atoms with E-state index in [0.29, 0.717) is 5.69 Å². The monoisotopic (exact) mass is 192 g/mol. The van der Waals surface area contributed by atoms with E-state index in [0.717, 1.165) is 4.90 Å². The second-order valence-corrected chi connectivity index (χ2v) is 5.61. The molecule has 0 radical (unpaired) electrons. The fourth-order valence-electron chi connectivity index (χ4n) is 0.860. The lowest BCUT2D eigenvalue weighted by Gasteiger charge is -2.16. The van der Waals surface area contributed by atoms with Gasteiger partial charge >= 0.3 is 0 Å². The molecule has 0 saturated carbocycles. The third-order valence-electron chi connectivity index (χ3n) is 1.27. The van der Waals surface area contributed by atoms with Gasteiger partial charge in [0.2, 0.25) is 0 Å². The van der Waals surface area contributed by atoms with Gasteiger partial charge in [-0.3, -0.25) is 0 Å². The molecule has 0 aliphatic heterocycles. The number of rotatable bonds is 1. The molecule has 0 unspecified atom stereocenters. The highest BCUT2D eigenvalue weighted by atomic mass is 32.2. The topological polar surface area (TPSA) is 36.7 Å². The Hall–Kier alpha value is -1.01. The van der Waals surface area contributed by atoms with Crippen molar-refractivity contribution in [1.29, 1.82) is 5.26 Å². The lowest BCUT2D eigenvalue weighted by Crippen LogP contribution is -2.06. The van der Waals surface area contributed by atoms with Crippen molar-refractivity contribution in [3.05, 3.63) is 24.0 Å². The maximum Gasteiger partial charge on any atom is 0.140 e. The van der Waals surface area contributed by atoms with Crippen LogP contribution in [-0.4, -0.2) is 9.73 Å². The minimum Gasteiger partial charge on any atom is -0.244 e. The van der Waals surface area contributed by atoms with Crippen molar-refractivity contribution < 1.29 is 0 Å². The van der Waals surface area contributed by atoms with Crippen LogP contribution in [0.4, 0.5) is 0 Å². The van der Waals surface area contributed by atoms with E-state index in [1.807, 2.05) is 12.1 Å². The zero-order chi connectivity index (χ0) is 9.90. The third kappa shape index (κ3) is 3.47. The molecule has 0 amide bonds. The lowest BCUT2D eigenvalue weighted by atomic mass is 10.3. The van der Waals surface area contributed by atoms with E-state index < -0.39 is 0 Å². The summed E-state index contributed by atoms with van der Waals surface area (Å²) in [4.78, 5) is 5.10. The summed E-state index contributed by atoms with van der Waals surface area (Å²) >= 11 is 1.75. The summed E-state index contributed by atoms with van der Waals surface area (Å²) in [5.74, 6) is 0. The van der Waals surface area contributed by atoms with E-state index in [4.69, 9.17) is 5.26 Å². The number of pyridine rings is 1. The maximum atomic E-state index is 8.54. The van der Waals surface area contributed by atoms with Gasteiger partial charge in [0, 0.05) is 15.8 Å². The molecule has 0 aliphatic carbocycles. The molecule has 1 rings (SSSR count). The molecule has 2 nitrogen and oxygen atoms in total. The Balaban J connectivity index is 2.77. The van der Waals surface area contributed by atoms with Crippen molar-refractivity contribution in [2.24, 2.45) is 0 Å². The molecule has 0 spiro atoms. The quantitative estimate of drug-likeness (QED) is 0.642. The summed E-state index contributed by atoms with van der Waals surface area (Å²) < 4.78 is 0.190. The number of aromatic nitrogens is 1. The van der Waals surface area contributed by atoms with Crippen molar-refractivity contribution >= 4 is 11.8 Å². The minimum atomic E-state index is 0.190. The summed E-state index contributed by atoms with van der Waals surface area (Å²) in [6, 6.07) is 5.67. The highest BCUT2D eigenvalue weighted by Crippen LogP contribution is 2.30. The average molecular weight is 192 g/mol. The van der Waals surface area contributed by atoms with Crippen LogP contribution in [0.15, 0.2) is 23.2 Å². The predicted molar refractivity (Wildman–Crippen MR) is 54.6 cm³/mol. The Morgan fingerprint density at radius 2 is 2.08 bits per heavy atom. The molecule has 3 heteroatoms. The summed E-state index contributed by atoms with van der Waals surface area (Å²) in [6.45, 7) is 6.45. The van der Waals surface area contributed by atoms with Crippen LogP contribution in [0.2, 0.25) is 0 Å². The molecular weight excluding hydrogens is 180 g/mol. The number of thioether (sulfide) groups is 1. The van der Waals surface area contributed by atoms with E-state index in [1.165, 1.54) is 0 Å². The molecular formula is C10H12N2S. The molecule has 0 aliphatic rings. The van der Waals surface area contributed by atoms with E-state index in [9.17, 15) is 0 Å². The minimum absolute atomic E-state index is 0.190. The second kappa shape index (κ2) is 3.80. The first kappa shape index (κ1) is 10.1. The van der Waals surface area contributed by atoms with E-state index in [1.54, 1.807) is 24.0 Å². The molecule has 68 valence electrons. The van der Waals surface area contributed by atoms with E-state index in [2.05, 4.69) is 25.8 Å². The van der Waals surface area contributed by atoms with Crippen molar-refractivity contribution in [3.63, 3.8) is 0 Å². The Morgan fingerprint density at radius 3 is 2.46 bits per heavy atom. The number of hydrogen-bond acceptors (Lipinski definition) is 3. The van der Waals surface area contributed by atoms with Crippen LogP contribution in [0.25, 0.3) is 0 Å². The van der Waals surface area contributed by atoms with E-state index in [-0.39, 0.29) is 4.75 Å². The van der Waals surface area contributed by atoms with Crippen molar-refractivity contribution in [2.45, 2.75) is 30.4 Å². The SMILES string of the molecule is CC(C)(C)Sc1ccc(C#N)nc1. The molecule has 0 bridgehead atoms. The van der Waals surface area contributed by atoms with Gasteiger partial charge in [-0.1, -0.05) is 20.8 Å².